The summed E-state index contributed by atoms with van der Waals surface area (Å²) in [6, 6.07) is 6.85. The zero-order valence-corrected chi connectivity index (χ0v) is 13.7. The molecule has 0 aliphatic rings. The lowest BCUT2D eigenvalue weighted by atomic mass is 9.91. The van der Waals surface area contributed by atoms with Gasteiger partial charge in [-0.05, 0) is 52.4 Å². The molecule has 0 bridgehead atoms. The van der Waals surface area contributed by atoms with E-state index < -0.39 is 6.09 Å². The van der Waals surface area contributed by atoms with E-state index in [4.69, 9.17) is 4.74 Å². The van der Waals surface area contributed by atoms with E-state index in [0.717, 1.165) is 16.3 Å². The smallest absolute Gasteiger partial charge is 0.410 e. The second-order valence-electron chi connectivity index (χ2n) is 5.91. The van der Waals surface area contributed by atoms with Crippen molar-refractivity contribution in [3.8, 4) is 5.75 Å². The fourth-order valence-electron chi connectivity index (χ4n) is 2.57. The number of fused-ring (bicyclic) bond motifs is 1. The van der Waals surface area contributed by atoms with Gasteiger partial charge in [-0.3, -0.25) is 0 Å². The molecule has 2 aromatic carbocycles. The molecular weight excluding hydrogens is 281 g/mol. The van der Waals surface area contributed by atoms with Crippen molar-refractivity contribution in [2.75, 3.05) is 14.1 Å². The van der Waals surface area contributed by atoms with Crippen LogP contribution in [-0.4, -0.2) is 25.1 Å². The zero-order chi connectivity index (χ0) is 16.4. The van der Waals surface area contributed by atoms with Crippen molar-refractivity contribution in [1.29, 1.82) is 0 Å². The van der Waals surface area contributed by atoms with Crippen LogP contribution in [0.15, 0.2) is 24.3 Å². The van der Waals surface area contributed by atoms with Crippen LogP contribution in [0, 0.1) is 5.82 Å². The maximum atomic E-state index is 14.1. The molecule has 0 saturated carbocycles. The van der Waals surface area contributed by atoms with Crippen molar-refractivity contribution >= 4 is 16.9 Å². The number of carbonyl (C=O) groups excluding carboxylic acids is 1. The predicted octanol–water partition coefficient (Wildman–Crippen LogP) is 4.73. The molecule has 2 rings (SSSR count). The van der Waals surface area contributed by atoms with Crippen molar-refractivity contribution in [1.82, 2.24) is 4.90 Å². The predicted molar refractivity (Wildman–Crippen MR) is 87.1 cm³/mol. The highest BCUT2D eigenvalue weighted by Gasteiger charge is 2.16. The maximum Gasteiger partial charge on any atom is 0.414 e. The lowest BCUT2D eigenvalue weighted by Gasteiger charge is -2.17. The van der Waals surface area contributed by atoms with Gasteiger partial charge in [-0.25, -0.2) is 9.18 Å². The summed E-state index contributed by atoms with van der Waals surface area (Å²) in [5.74, 6) is 0.506. The summed E-state index contributed by atoms with van der Waals surface area (Å²) in [5.41, 5.74) is 1.71. The Hall–Kier alpha value is -2.10. The van der Waals surface area contributed by atoms with Crippen LogP contribution in [0.5, 0.6) is 5.75 Å². The van der Waals surface area contributed by atoms with E-state index in [9.17, 15) is 9.18 Å². The van der Waals surface area contributed by atoms with Gasteiger partial charge in [0.05, 0.1) is 0 Å². The minimum Gasteiger partial charge on any atom is -0.410 e. The Balaban J connectivity index is 2.66. The number of aryl methyl sites for hydroxylation is 1. The molecule has 0 unspecified atom stereocenters. The minimum atomic E-state index is -0.424. The monoisotopic (exact) mass is 303 g/mol. The molecule has 0 aliphatic carbocycles. The highest BCUT2D eigenvalue weighted by atomic mass is 19.1. The number of ether oxygens (including phenoxy) is 1. The Kier molecular flexibility index (Phi) is 4.69. The van der Waals surface area contributed by atoms with E-state index in [0.29, 0.717) is 17.7 Å². The maximum absolute atomic E-state index is 14.1. The van der Waals surface area contributed by atoms with Crippen molar-refractivity contribution in [3.63, 3.8) is 0 Å². The zero-order valence-electron chi connectivity index (χ0n) is 13.7. The Labute approximate surface area is 130 Å². The normalized spacial score (nSPS) is 11.0. The number of nitrogens with zero attached hydrogens (tertiary/aromatic N) is 1. The Bertz CT molecular complexity index is 708. The highest BCUT2D eigenvalue weighted by Crippen LogP contribution is 2.34. The van der Waals surface area contributed by atoms with Crippen LogP contribution in [0.25, 0.3) is 10.8 Å². The molecule has 3 nitrogen and oxygen atoms in total. The number of halogens is 1. The third kappa shape index (κ3) is 3.06. The molecule has 0 fully saturated rings. The average Bonchev–Trinajstić information content (AvgIpc) is 2.46. The minimum absolute atomic E-state index is 0.185. The molecule has 0 aromatic heterocycles. The van der Waals surface area contributed by atoms with Crippen molar-refractivity contribution < 1.29 is 13.9 Å². The van der Waals surface area contributed by atoms with Crippen LogP contribution < -0.4 is 4.74 Å². The first-order chi connectivity index (χ1) is 10.3. The molecular formula is C18H22FNO2. The molecule has 1 amide bonds. The third-order valence-electron chi connectivity index (χ3n) is 3.72. The van der Waals surface area contributed by atoms with Crippen LogP contribution >= 0.6 is 0 Å². The number of rotatable bonds is 3. The van der Waals surface area contributed by atoms with Gasteiger partial charge in [-0.1, -0.05) is 26.8 Å². The van der Waals surface area contributed by atoms with E-state index in [1.165, 1.54) is 11.0 Å². The first-order valence-electron chi connectivity index (χ1n) is 7.49. The van der Waals surface area contributed by atoms with E-state index in [1.807, 2.05) is 13.0 Å². The van der Waals surface area contributed by atoms with Crippen LogP contribution in [-0.2, 0) is 6.42 Å². The molecule has 2 aromatic rings. The van der Waals surface area contributed by atoms with Gasteiger partial charge in [0, 0.05) is 14.1 Å². The number of benzene rings is 2. The highest BCUT2D eigenvalue weighted by molar-refractivity contribution is 5.91. The summed E-state index contributed by atoms with van der Waals surface area (Å²) in [6.45, 7) is 6.05. The van der Waals surface area contributed by atoms with Crippen molar-refractivity contribution in [3.05, 3.63) is 41.2 Å². The summed E-state index contributed by atoms with van der Waals surface area (Å²) in [4.78, 5) is 13.1. The number of hydrogen-bond acceptors (Lipinski definition) is 2. The number of hydrogen-bond donors (Lipinski definition) is 0. The van der Waals surface area contributed by atoms with Gasteiger partial charge in [0.25, 0.3) is 0 Å². The van der Waals surface area contributed by atoms with Gasteiger partial charge in [-0.2, -0.15) is 0 Å². The van der Waals surface area contributed by atoms with Gasteiger partial charge in [0.15, 0.2) is 0 Å². The summed E-state index contributed by atoms with van der Waals surface area (Å²) in [5, 5.41) is 1.83. The van der Waals surface area contributed by atoms with Crippen molar-refractivity contribution in [2.45, 2.75) is 33.1 Å². The fraction of sp³-hybridized carbons (Fsp3) is 0.389. The first kappa shape index (κ1) is 16.3. The molecule has 0 saturated heterocycles. The van der Waals surface area contributed by atoms with Crippen LogP contribution in [0.2, 0.25) is 0 Å². The van der Waals surface area contributed by atoms with E-state index in [2.05, 4.69) is 13.8 Å². The summed E-state index contributed by atoms with van der Waals surface area (Å²) in [6.07, 6.45) is 0.201. The number of carbonyl (C=O) groups is 1. The van der Waals surface area contributed by atoms with Crippen LogP contribution in [0.3, 0.4) is 0 Å². The largest absolute Gasteiger partial charge is 0.414 e. The molecule has 22 heavy (non-hydrogen) atoms. The second-order valence-corrected chi connectivity index (χ2v) is 5.91. The van der Waals surface area contributed by atoms with E-state index in [1.54, 1.807) is 26.2 Å². The fourth-order valence-corrected chi connectivity index (χ4v) is 2.57. The average molecular weight is 303 g/mol. The third-order valence-corrected chi connectivity index (χ3v) is 3.72. The summed E-state index contributed by atoms with van der Waals surface area (Å²) < 4.78 is 19.5. The molecule has 0 spiro atoms. The molecule has 118 valence electrons. The lowest BCUT2D eigenvalue weighted by molar-refractivity contribution is 0.172. The van der Waals surface area contributed by atoms with E-state index in [-0.39, 0.29) is 11.7 Å². The first-order valence-corrected chi connectivity index (χ1v) is 7.49. The molecule has 0 radical (unpaired) electrons. The Morgan fingerprint density at radius 3 is 2.50 bits per heavy atom. The van der Waals surface area contributed by atoms with Gasteiger partial charge in [0.1, 0.15) is 11.6 Å². The van der Waals surface area contributed by atoms with Gasteiger partial charge < -0.3 is 9.64 Å². The SMILES string of the molecule is CCc1c(F)ccc2cc(OC(=O)N(C)C)cc(C(C)C)c12. The number of amides is 1. The van der Waals surface area contributed by atoms with Crippen molar-refractivity contribution in [2.24, 2.45) is 0 Å². The molecule has 4 heteroatoms. The van der Waals surface area contributed by atoms with Gasteiger partial charge in [0.2, 0.25) is 0 Å². The Morgan fingerprint density at radius 1 is 1.27 bits per heavy atom. The quantitative estimate of drug-likeness (QED) is 0.820. The van der Waals surface area contributed by atoms with Gasteiger partial charge >= 0.3 is 6.09 Å². The molecule has 0 N–H and O–H groups in total. The Morgan fingerprint density at radius 2 is 1.95 bits per heavy atom. The second kappa shape index (κ2) is 6.34. The topological polar surface area (TPSA) is 29.5 Å². The standard InChI is InChI=1S/C18H22FNO2/c1-6-14-16(19)8-7-12-9-13(22-18(21)20(4)5)10-15(11(2)3)17(12)14/h7-11H,6H2,1-5H3. The molecule has 0 heterocycles. The van der Waals surface area contributed by atoms with E-state index >= 15 is 0 Å². The summed E-state index contributed by atoms with van der Waals surface area (Å²) >= 11 is 0. The lowest BCUT2D eigenvalue weighted by Crippen LogP contribution is -2.25. The molecule has 0 atom stereocenters. The van der Waals surface area contributed by atoms with Crippen LogP contribution in [0.4, 0.5) is 9.18 Å². The molecule has 0 aliphatic heterocycles. The summed E-state index contributed by atoms with van der Waals surface area (Å²) in [7, 11) is 3.27. The van der Waals surface area contributed by atoms with Gasteiger partial charge in [-0.15, -0.1) is 0 Å². The van der Waals surface area contributed by atoms with Crippen LogP contribution in [0.1, 0.15) is 37.8 Å².